The van der Waals surface area contributed by atoms with Gasteiger partial charge in [0, 0.05) is 14.3 Å². The molecule has 0 unspecified atom stereocenters. The second kappa shape index (κ2) is 5.54. The van der Waals surface area contributed by atoms with Crippen LogP contribution in [0.3, 0.4) is 0 Å². The van der Waals surface area contributed by atoms with Crippen molar-refractivity contribution < 1.29 is 4.79 Å². The number of nitrogen functional groups attached to an aromatic ring is 1. The van der Waals surface area contributed by atoms with Gasteiger partial charge in [0.2, 0.25) is 0 Å². The summed E-state index contributed by atoms with van der Waals surface area (Å²) in [7, 11) is 0. The molecule has 1 heterocycles. The summed E-state index contributed by atoms with van der Waals surface area (Å²) in [6.07, 6.45) is 0. The quantitative estimate of drug-likeness (QED) is 0.545. The molecule has 0 aliphatic carbocycles. The van der Waals surface area contributed by atoms with Crippen LogP contribution in [0, 0.1) is 0 Å². The maximum absolute atomic E-state index is 12.4. The zero-order valence-corrected chi connectivity index (χ0v) is 14.0. The van der Waals surface area contributed by atoms with E-state index in [1.807, 2.05) is 30.3 Å². The lowest BCUT2D eigenvalue weighted by Gasteiger charge is -2.08. The standard InChI is InChI=1S/C15H11Br2N3O/c16-9-4-2-5-10(17)14(9)20-15(21)12-7-8-3-1-6-11(18)13(8)19-12/h1-7,19H,18H2,(H,20,21). The Balaban J connectivity index is 1.96. The van der Waals surface area contributed by atoms with Gasteiger partial charge in [-0.25, -0.2) is 0 Å². The van der Waals surface area contributed by atoms with E-state index in [9.17, 15) is 4.79 Å². The van der Waals surface area contributed by atoms with E-state index < -0.39 is 0 Å². The number of hydrogen-bond donors (Lipinski definition) is 3. The normalized spacial score (nSPS) is 10.8. The van der Waals surface area contributed by atoms with E-state index in [0.29, 0.717) is 17.1 Å². The number of halogens is 2. The van der Waals surface area contributed by atoms with Crippen molar-refractivity contribution in [1.29, 1.82) is 0 Å². The lowest BCUT2D eigenvalue weighted by atomic mass is 10.2. The van der Waals surface area contributed by atoms with Gasteiger partial charge in [-0.3, -0.25) is 4.79 Å². The van der Waals surface area contributed by atoms with E-state index in [0.717, 1.165) is 19.8 Å². The van der Waals surface area contributed by atoms with Crippen LogP contribution in [0.5, 0.6) is 0 Å². The Labute approximate surface area is 138 Å². The fourth-order valence-electron chi connectivity index (χ4n) is 2.10. The number of nitrogens with two attached hydrogens (primary N) is 1. The number of hydrogen-bond acceptors (Lipinski definition) is 2. The van der Waals surface area contributed by atoms with Gasteiger partial charge in [0.1, 0.15) is 5.69 Å². The van der Waals surface area contributed by atoms with Gasteiger partial charge in [0.05, 0.1) is 16.9 Å². The van der Waals surface area contributed by atoms with Crippen LogP contribution in [0.15, 0.2) is 51.4 Å². The van der Waals surface area contributed by atoms with Gasteiger partial charge in [-0.05, 0) is 56.1 Å². The summed E-state index contributed by atoms with van der Waals surface area (Å²) in [6, 6.07) is 13.0. The predicted molar refractivity (Wildman–Crippen MR) is 92.5 cm³/mol. The monoisotopic (exact) mass is 407 g/mol. The number of carbonyl (C=O) groups excluding carboxylic acids is 1. The van der Waals surface area contributed by atoms with Crippen molar-refractivity contribution in [2.75, 3.05) is 11.1 Å². The van der Waals surface area contributed by atoms with E-state index >= 15 is 0 Å². The van der Waals surface area contributed by atoms with Crippen LogP contribution in [-0.2, 0) is 0 Å². The molecule has 0 fully saturated rings. The van der Waals surface area contributed by atoms with Crippen LogP contribution >= 0.6 is 31.9 Å². The Hall–Kier alpha value is -1.79. The van der Waals surface area contributed by atoms with Gasteiger partial charge in [-0.2, -0.15) is 0 Å². The number of amides is 1. The number of fused-ring (bicyclic) bond motifs is 1. The van der Waals surface area contributed by atoms with Crippen LogP contribution in [0.2, 0.25) is 0 Å². The Morgan fingerprint density at radius 1 is 1.10 bits per heavy atom. The van der Waals surface area contributed by atoms with Crippen molar-refractivity contribution >= 4 is 60.0 Å². The van der Waals surface area contributed by atoms with E-state index in [-0.39, 0.29) is 5.91 Å². The minimum Gasteiger partial charge on any atom is -0.397 e. The molecule has 21 heavy (non-hydrogen) atoms. The molecular weight excluding hydrogens is 398 g/mol. The second-order valence-corrected chi connectivity index (χ2v) is 6.25. The molecule has 1 amide bonds. The molecule has 0 aliphatic heterocycles. The minimum atomic E-state index is -0.224. The second-order valence-electron chi connectivity index (χ2n) is 4.55. The van der Waals surface area contributed by atoms with E-state index in [1.165, 1.54) is 0 Å². The highest BCUT2D eigenvalue weighted by Gasteiger charge is 2.13. The molecule has 4 nitrogen and oxygen atoms in total. The third-order valence-electron chi connectivity index (χ3n) is 3.13. The number of H-pyrrole nitrogens is 1. The van der Waals surface area contributed by atoms with Gasteiger partial charge < -0.3 is 16.0 Å². The number of para-hydroxylation sites is 2. The van der Waals surface area contributed by atoms with Crippen LogP contribution in [0.1, 0.15) is 10.5 Å². The Morgan fingerprint density at radius 2 is 1.76 bits per heavy atom. The number of nitrogens with one attached hydrogen (secondary N) is 2. The minimum absolute atomic E-state index is 0.224. The third kappa shape index (κ3) is 2.69. The van der Waals surface area contributed by atoms with Crippen LogP contribution in [0.4, 0.5) is 11.4 Å². The van der Waals surface area contributed by atoms with E-state index in [2.05, 4.69) is 42.2 Å². The average molecular weight is 409 g/mol. The number of benzene rings is 2. The predicted octanol–water partition coefficient (Wildman–Crippen LogP) is 4.53. The molecule has 0 saturated heterocycles. The lowest BCUT2D eigenvalue weighted by Crippen LogP contribution is -2.13. The van der Waals surface area contributed by atoms with Gasteiger partial charge >= 0.3 is 0 Å². The van der Waals surface area contributed by atoms with Gasteiger partial charge in [-0.1, -0.05) is 18.2 Å². The molecule has 106 valence electrons. The fraction of sp³-hybridized carbons (Fsp3) is 0. The molecule has 0 atom stereocenters. The largest absolute Gasteiger partial charge is 0.397 e. The maximum Gasteiger partial charge on any atom is 0.272 e. The number of carbonyl (C=O) groups is 1. The maximum atomic E-state index is 12.4. The van der Waals surface area contributed by atoms with Gasteiger partial charge in [-0.15, -0.1) is 0 Å². The molecule has 4 N–H and O–H groups in total. The fourth-order valence-corrected chi connectivity index (χ4v) is 3.30. The van der Waals surface area contributed by atoms with Crippen molar-refractivity contribution in [1.82, 2.24) is 4.98 Å². The van der Waals surface area contributed by atoms with Crippen molar-refractivity contribution in [3.63, 3.8) is 0 Å². The molecule has 0 saturated carbocycles. The van der Waals surface area contributed by atoms with E-state index in [4.69, 9.17) is 5.73 Å². The molecule has 2 aromatic carbocycles. The number of aromatic nitrogens is 1. The van der Waals surface area contributed by atoms with Crippen molar-refractivity contribution in [2.24, 2.45) is 0 Å². The molecule has 3 rings (SSSR count). The SMILES string of the molecule is Nc1cccc2cc(C(=O)Nc3c(Br)cccc3Br)[nH]c12. The summed E-state index contributed by atoms with van der Waals surface area (Å²) in [5.74, 6) is -0.224. The first-order valence-electron chi connectivity index (χ1n) is 6.19. The summed E-state index contributed by atoms with van der Waals surface area (Å²) in [5, 5.41) is 3.78. The Bertz CT molecular complexity index is 822. The van der Waals surface area contributed by atoms with Crippen molar-refractivity contribution in [3.8, 4) is 0 Å². The highest BCUT2D eigenvalue weighted by molar-refractivity contribution is 9.11. The van der Waals surface area contributed by atoms with E-state index in [1.54, 1.807) is 12.1 Å². The molecule has 0 aliphatic rings. The smallest absolute Gasteiger partial charge is 0.272 e. The summed E-state index contributed by atoms with van der Waals surface area (Å²) < 4.78 is 1.61. The summed E-state index contributed by atoms with van der Waals surface area (Å²) in [5.41, 5.74) is 8.44. The van der Waals surface area contributed by atoms with Crippen LogP contribution in [0.25, 0.3) is 10.9 Å². The molecule has 6 heteroatoms. The van der Waals surface area contributed by atoms with Crippen molar-refractivity contribution in [2.45, 2.75) is 0 Å². The lowest BCUT2D eigenvalue weighted by molar-refractivity contribution is 0.102. The molecule has 0 spiro atoms. The molecule has 3 aromatic rings. The average Bonchev–Trinajstić information content (AvgIpc) is 2.88. The summed E-state index contributed by atoms with van der Waals surface area (Å²) >= 11 is 6.84. The topological polar surface area (TPSA) is 70.9 Å². The Kier molecular flexibility index (Phi) is 3.73. The highest BCUT2D eigenvalue weighted by Crippen LogP contribution is 2.31. The third-order valence-corrected chi connectivity index (χ3v) is 4.46. The summed E-state index contributed by atoms with van der Waals surface area (Å²) in [4.78, 5) is 15.4. The molecule has 0 bridgehead atoms. The summed E-state index contributed by atoms with van der Waals surface area (Å²) in [6.45, 7) is 0. The zero-order chi connectivity index (χ0) is 15.0. The van der Waals surface area contributed by atoms with Gasteiger partial charge in [0.15, 0.2) is 0 Å². The highest BCUT2D eigenvalue weighted by atomic mass is 79.9. The molecular formula is C15H11Br2N3O. The first kappa shape index (κ1) is 14.2. The zero-order valence-electron chi connectivity index (χ0n) is 10.8. The van der Waals surface area contributed by atoms with Crippen LogP contribution in [-0.4, -0.2) is 10.9 Å². The first-order valence-corrected chi connectivity index (χ1v) is 7.77. The van der Waals surface area contributed by atoms with Gasteiger partial charge in [0.25, 0.3) is 5.91 Å². The number of anilines is 2. The Morgan fingerprint density at radius 3 is 2.43 bits per heavy atom. The van der Waals surface area contributed by atoms with Crippen LogP contribution < -0.4 is 11.1 Å². The molecule has 0 radical (unpaired) electrons. The van der Waals surface area contributed by atoms with Crippen molar-refractivity contribution in [3.05, 3.63) is 57.1 Å². The molecule has 1 aromatic heterocycles. The number of rotatable bonds is 2. The first-order chi connectivity index (χ1) is 10.1. The number of aromatic amines is 1.